The molecule has 0 aliphatic carbocycles. The molecule has 1 fully saturated rings. The zero-order chi connectivity index (χ0) is 12.5. The van der Waals surface area contributed by atoms with Crippen LogP contribution in [0.4, 0.5) is 0 Å². The molecule has 3 rings (SSSR count). The first-order chi connectivity index (χ1) is 8.81. The fourth-order valence-electron chi connectivity index (χ4n) is 3.09. The van der Waals surface area contributed by atoms with Crippen LogP contribution in [0, 0.1) is 0 Å². The van der Waals surface area contributed by atoms with Crippen molar-refractivity contribution in [2.45, 2.75) is 51.5 Å². The van der Waals surface area contributed by atoms with E-state index < -0.39 is 0 Å². The molecule has 0 radical (unpaired) electrons. The third-order valence-electron chi connectivity index (χ3n) is 4.07. The highest BCUT2D eigenvalue weighted by Gasteiger charge is 2.34. The lowest BCUT2D eigenvalue weighted by Crippen LogP contribution is -2.35. The van der Waals surface area contributed by atoms with Gasteiger partial charge in [0.1, 0.15) is 11.6 Å². The molecule has 5 nitrogen and oxygen atoms in total. The number of aromatic nitrogens is 3. The second-order valence-electron chi connectivity index (χ2n) is 5.21. The molecule has 1 aromatic heterocycles. The van der Waals surface area contributed by atoms with Crippen molar-refractivity contribution in [2.75, 3.05) is 13.1 Å². The number of carbonyl (C=O) groups is 1. The Labute approximate surface area is 107 Å². The third kappa shape index (κ3) is 1.82. The smallest absolute Gasteiger partial charge is 0.233 e. The van der Waals surface area contributed by atoms with Crippen molar-refractivity contribution in [3.8, 4) is 0 Å². The van der Waals surface area contributed by atoms with Crippen LogP contribution in [-0.4, -0.2) is 38.7 Å². The van der Waals surface area contributed by atoms with Gasteiger partial charge < -0.3 is 9.47 Å². The van der Waals surface area contributed by atoms with Gasteiger partial charge in [0, 0.05) is 26.1 Å². The van der Waals surface area contributed by atoms with E-state index >= 15 is 0 Å². The van der Waals surface area contributed by atoms with Crippen molar-refractivity contribution in [2.24, 2.45) is 0 Å². The van der Waals surface area contributed by atoms with E-state index in [1.165, 1.54) is 0 Å². The Morgan fingerprint density at radius 3 is 2.72 bits per heavy atom. The number of aryl methyl sites for hydroxylation is 1. The van der Waals surface area contributed by atoms with E-state index in [9.17, 15) is 4.79 Å². The molecule has 2 aliphatic rings. The average molecular weight is 248 g/mol. The minimum absolute atomic E-state index is 0.0513. The number of hydrogen-bond acceptors (Lipinski definition) is 3. The van der Waals surface area contributed by atoms with Crippen molar-refractivity contribution >= 4 is 5.91 Å². The van der Waals surface area contributed by atoms with Gasteiger partial charge in [0.15, 0.2) is 0 Å². The summed E-state index contributed by atoms with van der Waals surface area (Å²) in [4.78, 5) is 14.5. The van der Waals surface area contributed by atoms with E-state index in [0.717, 1.165) is 63.4 Å². The van der Waals surface area contributed by atoms with Crippen LogP contribution < -0.4 is 0 Å². The molecular formula is C13H20N4O. The summed E-state index contributed by atoms with van der Waals surface area (Å²) in [7, 11) is 0. The van der Waals surface area contributed by atoms with Gasteiger partial charge in [-0.2, -0.15) is 0 Å². The number of amides is 1. The second-order valence-corrected chi connectivity index (χ2v) is 5.21. The van der Waals surface area contributed by atoms with Gasteiger partial charge in [0.25, 0.3) is 0 Å². The summed E-state index contributed by atoms with van der Waals surface area (Å²) in [5, 5.41) is 8.48. The van der Waals surface area contributed by atoms with Crippen molar-refractivity contribution in [3.63, 3.8) is 0 Å². The topological polar surface area (TPSA) is 51.0 Å². The predicted octanol–water partition coefficient (Wildman–Crippen LogP) is 1.34. The molecule has 1 atom stereocenters. The number of rotatable bonds is 2. The molecule has 0 aromatic carbocycles. The zero-order valence-electron chi connectivity index (χ0n) is 10.9. The standard InChI is InChI=1S/C13H20N4O/c1-2-11-14-15-12-10(6-5-9-17(11)12)13(18)16-7-3-4-8-16/h10H,2-9H2,1H3. The normalized spacial score (nSPS) is 23.2. The summed E-state index contributed by atoms with van der Waals surface area (Å²) in [6, 6.07) is 0. The number of nitrogens with zero attached hydrogens (tertiary/aromatic N) is 4. The van der Waals surface area contributed by atoms with E-state index in [-0.39, 0.29) is 11.8 Å². The lowest BCUT2D eigenvalue weighted by Gasteiger charge is -2.26. The van der Waals surface area contributed by atoms with Crippen molar-refractivity contribution in [1.82, 2.24) is 19.7 Å². The maximum atomic E-state index is 12.5. The number of carbonyl (C=O) groups excluding carboxylic acids is 1. The minimum Gasteiger partial charge on any atom is -0.342 e. The summed E-state index contributed by atoms with van der Waals surface area (Å²) in [5.41, 5.74) is 0. The molecule has 18 heavy (non-hydrogen) atoms. The van der Waals surface area contributed by atoms with Gasteiger partial charge in [0.2, 0.25) is 5.91 Å². The quantitative estimate of drug-likeness (QED) is 0.793. The molecule has 0 bridgehead atoms. The van der Waals surface area contributed by atoms with Crippen LogP contribution in [-0.2, 0) is 17.8 Å². The van der Waals surface area contributed by atoms with Gasteiger partial charge in [-0.15, -0.1) is 10.2 Å². The summed E-state index contributed by atoms with van der Waals surface area (Å²) in [6.45, 7) is 4.90. The van der Waals surface area contributed by atoms with Crippen LogP contribution >= 0.6 is 0 Å². The monoisotopic (exact) mass is 248 g/mol. The molecule has 2 aliphatic heterocycles. The Balaban J connectivity index is 1.86. The highest BCUT2D eigenvalue weighted by atomic mass is 16.2. The van der Waals surface area contributed by atoms with Crippen LogP contribution in [0.2, 0.25) is 0 Å². The first-order valence-electron chi connectivity index (χ1n) is 7.02. The molecule has 98 valence electrons. The van der Waals surface area contributed by atoms with Crippen LogP contribution in [0.15, 0.2) is 0 Å². The molecule has 0 saturated carbocycles. The van der Waals surface area contributed by atoms with Gasteiger partial charge in [-0.25, -0.2) is 0 Å². The lowest BCUT2D eigenvalue weighted by atomic mass is 9.97. The summed E-state index contributed by atoms with van der Waals surface area (Å²) in [5.74, 6) is 2.13. The van der Waals surface area contributed by atoms with E-state index in [2.05, 4.69) is 21.7 Å². The van der Waals surface area contributed by atoms with Crippen molar-refractivity contribution in [3.05, 3.63) is 11.6 Å². The summed E-state index contributed by atoms with van der Waals surface area (Å²) in [6.07, 6.45) is 5.16. The van der Waals surface area contributed by atoms with Gasteiger partial charge in [-0.05, 0) is 25.7 Å². The SMILES string of the molecule is CCc1nnc2n1CCCC2C(=O)N1CCCC1. The van der Waals surface area contributed by atoms with E-state index in [4.69, 9.17) is 0 Å². The molecule has 1 unspecified atom stereocenters. The fraction of sp³-hybridized carbons (Fsp3) is 0.769. The molecular weight excluding hydrogens is 228 g/mol. The molecule has 0 N–H and O–H groups in total. The maximum absolute atomic E-state index is 12.5. The fourth-order valence-corrected chi connectivity index (χ4v) is 3.09. The van der Waals surface area contributed by atoms with Crippen LogP contribution in [0.1, 0.15) is 50.2 Å². The first-order valence-corrected chi connectivity index (χ1v) is 7.02. The first kappa shape index (κ1) is 11.7. The van der Waals surface area contributed by atoms with Crippen molar-refractivity contribution < 1.29 is 4.79 Å². The highest BCUT2D eigenvalue weighted by molar-refractivity contribution is 5.83. The van der Waals surface area contributed by atoms with Gasteiger partial charge >= 0.3 is 0 Å². The Bertz CT molecular complexity index is 448. The number of fused-ring (bicyclic) bond motifs is 1. The average Bonchev–Trinajstić information content (AvgIpc) is 3.06. The molecule has 5 heteroatoms. The van der Waals surface area contributed by atoms with Crippen molar-refractivity contribution in [1.29, 1.82) is 0 Å². The second kappa shape index (κ2) is 4.71. The number of hydrogen-bond donors (Lipinski definition) is 0. The Kier molecular flexibility index (Phi) is 3.06. The molecule has 1 saturated heterocycles. The molecule has 1 aromatic rings. The Morgan fingerprint density at radius 1 is 1.22 bits per heavy atom. The van der Waals surface area contributed by atoms with Crippen LogP contribution in [0.3, 0.4) is 0 Å². The highest BCUT2D eigenvalue weighted by Crippen LogP contribution is 2.29. The minimum atomic E-state index is -0.0513. The van der Waals surface area contributed by atoms with E-state index in [1.807, 2.05) is 4.90 Å². The van der Waals surface area contributed by atoms with Crippen LogP contribution in [0.25, 0.3) is 0 Å². The molecule has 3 heterocycles. The van der Waals surface area contributed by atoms with E-state index in [1.54, 1.807) is 0 Å². The predicted molar refractivity (Wildman–Crippen MR) is 67.2 cm³/mol. The van der Waals surface area contributed by atoms with Gasteiger partial charge in [-0.1, -0.05) is 6.92 Å². The lowest BCUT2D eigenvalue weighted by molar-refractivity contribution is -0.132. The maximum Gasteiger partial charge on any atom is 0.233 e. The largest absolute Gasteiger partial charge is 0.342 e. The Hall–Kier alpha value is -1.39. The number of likely N-dealkylation sites (tertiary alicyclic amines) is 1. The summed E-state index contributed by atoms with van der Waals surface area (Å²) < 4.78 is 2.15. The zero-order valence-corrected chi connectivity index (χ0v) is 10.9. The molecule has 0 spiro atoms. The molecule has 1 amide bonds. The van der Waals surface area contributed by atoms with Gasteiger partial charge in [0.05, 0.1) is 5.92 Å². The van der Waals surface area contributed by atoms with E-state index in [0.29, 0.717) is 0 Å². The Morgan fingerprint density at radius 2 is 2.00 bits per heavy atom. The van der Waals surface area contributed by atoms with Gasteiger partial charge in [-0.3, -0.25) is 4.79 Å². The van der Waals surface area contributed by atoms with Crippen LogP contribution in [0.5, 0.6) is 0 Å². The third-order valence-corrected chi connectivity index (χ3v) is 4.07. The summed E-state index contributed by atoms with van der Waals surface area (Å²) >= 11 is 0.